The number of H-pyrrole nitrogens is 1. The van der Waals surface area contributed by atoms with Gasteiger partial charge in [-0.15, -0.1) is 0 Å². The maximum atomic E-state index is 3.37. The second-order valence-corrected chi connectivity index (χ2v) is 3.45. The molecule has 0 atom stereocenters. The van der Waals surface area contributed by atoms with Crippen LogP contribution in [0.3, 0.4) is 0 Å². The summed E-state index contributed by atoms with van der Waals surface area (Å²) in [5.74, 6) is 0. The summed E-state index contributed by atoms with van der Waals surface area (Å²) in [7, 11) is 2.02. The normalized spacial score (nSPS) is 11.0. The Labute approximate surface area is 73.8 Å². The summed E-state index contributed by atoms with van der Waals surface area (Å²) in [6.07, 6.45) is 5.14. The topological polar surface area (TPSA) is 31.7 Å². The monoisotopic (exact) mass is 168 g/mol. The van der Waals surface area contributed by atoms with Crippen LogP contribution in [0.15, 0.2) is 12.5 Å². The highest BCUT2D eigenvalue weighted by Gasteiger charge is 2.01. The van der Waals surface area contributed by atoms with Gasteiger partial charge in [0.05, 0.1) is 7.05 Å². The predicted octanol–water partition coefficient (Wildman–Crippen LogP) is 0.380. The average Bonchev–Trinajstić information content (AvgIpc) is 2.35. The Bertz CT molecular complexity index is 227. The highest BCUT2D eigenvalue weighted by Crippen LogP contribution is 1.89. The third-order valence-electron chi connectivity index (χ3n) is 1.76. The lowest BCUT2D eigenvalue weighted by Gasteiger charge is -2.04. The molecule has 0 radical (unpaired) electrons. The molecule has 0 aliphatic heterocycles. The molecule has 3 nitrogen and oxygen atoms in total. The highest BCUT2D eigenvalue weighted by atomic mass is 15.0. The maximum absolute atomic E-state index is 3.37. The van der Waals surface area contributed by atoms with Crippen molar-refractivity contribution < 1.29 is 4.57 Å². The summed E-state index contributed by atoms with van der Waals surface area (Å²) in [5, 5.41) is 3.37. The zero-order valence-corrected chi connectivity index (χ0v) is 8.09. The second-order valence-electron chi connectivity index (χ2n) is 3.45. The van der Waals surface area contributed by atoms with Gasteiger partial charge < -0.3 is 5.32 Å². The number of aryl methyl sites for hydroxylation is 1. The van der Waals surface area contributed by atoms with Gasteiger partial charge in [-0.25, -0.2) is 9.55 Å². The molecule has 1 aromatic heterocycles. The van der Waals surface area contributed by atoms with E-state index in [4.69, 9.17) is 0 Å². The minimum Gasteiger partial charge on any atom is -0.314 e. The molecule has 1 rings (SSSR count). The Hall–Kier alpha value is -0.830. The van der Waals surface area contributed by atoms with Crippen LogP contribution in [0.2, 0.25) is 0 Å². The molecule has 0 unspecified atom stereocenters. The summed E-state index contributed by atoms with van der Waals surface area (Å²) < 4.78 is 2.03. The van der Waals surface area contributed by atoms with Crippen LogP contribution in [0, 0.1) is 0 Å². The Morgan fingerprint density at radius 2 is 2.33 bits per heavy atom. The van der Waals surface area contributed by atoms with Gasteiger partial charge in [-0.1, -0.05) is 13.8 Å². The zero-order chi connectivity index (χ0) is 8.97. The van der Waals surface area contributed by atoms with E-state index in [-0.39, 0.29) is 0 Å². The van der Waals surface area contributed by atoms with Crippen molar-refractivity contribution >= 4 is 0 Å². The summed E-state index contributed by atoms with van der Waals surface area (Å²) in [5.41, 5.74) is 1.28. The lowest BCUT2D eigenvalue weighted by atomic mass is 10.3. The molecule has 0 saturated carbocycles. The number of aromatic nitrogens is 2. The standard InChI is InChI=1S/C9H17N3/c1-8(2)10-5-4-9-6-12(3)7-11-9/h6-8,10H,4-5H2,1-3H3/p+1. The van der Waals surface area contributed by atoms with Crippen LogP contribution in [-0.2, 0) is 13.5 Å². The molecule has 0 spiro atoms. The van der Waals surface area contributed by atoms with Crippen molar-refractivity contribution in [3.05, 3.63) is 18.2 Å². The van der Waals surface area contributed by atoms with E-state index < -0.39 is 0 Å². The van der Waals surface area contributed by atoms with Crippen molar-refractivity contribution in [2.24, 2.45) is 7.05 Å². The first-order valence-electron chi connectivity index (χ1n) is 4.44. The molecule has 1 heterocycles. The molecule has 0 bridgehead atoms. The SMILES string of the molecule is CC(C)NCCc1c[n+](C)c[nH]1. The Morgan fingerprint density at radius 3 is 2.83 bits per heavy atom. The van der Waals surface area contributed by atoms with E-state index in [1.54, 1.807) is 0 Å². The molecule has 3 heteroatoms. The van der Waals surface area contributed by atoms with Crippen molar-refractivity contribution in [1.29, 1.82) is 0 Å². The van der Waals surface area contributed by atoms with Crippen molar-refractivity contribution in [3.63, 3.8) is 0 Å². The first-order chi connectivity index (χ1) is 5.68. The Kier molecular flexibility index (Phi) is 3.29. The van der Waals surface area contributed by atoms with Crippen molar-refractivity contribution in [3.8, 4) is 0 Å². The number of imidazole rings is 1. The number of hydrogen-bond acceptors (Lipinski definition) is 1. The van der Waals surface area contributed by atoms with Crippen molar-refractivity contribution in [2.75, 3.05) is 6.54 Å². The fourth-order valence-corrected chi connectivity index (χ4v) is 1.14. The van der Waals surface area contributed by atoms with E-state index in [1.807, 2.05) is 17.9 Å². The van der Waals surface area contributed by atoms with E-state index in [9.17, 15) is 0 Å². The molecule has 2 N–H and O–H groups in total. The number of nitrogens with zero attached hydrogens (tertiary/aromatic N) is 1. The summed E-state index contributed by atoms with van der Waals surface area (Å²) in [6, 6.07) is 0.578. The van der Waals surface area contributed by atoms with Gasteiger partial charge in [-0.05, 0) is 0 Å². The van der Waals surface area contributed by atoms with Crippen molar-refractivity contribution in [1.82, 2.24) is 10.3 Å². The van der Waals surface area contributed by atoms with Gasteiger partial charge >= 0.3 is 0 Å². The van der Waals surface area contributed by atoms with Gasteiger partial charge in [0.15, 0.2) is 0 Å². The Morgan fingerprint density at radius 1 is 1.58 bits per heavy atom. The van der Waals surface area contributed by atoms with E-state index in [2.05, 4.69) is 30.3 Å². The van der Waals surface area contributed by atoms with E-state index in [1.165, 1.54) is 5.69 Å². The molecule has 0 fully saturated rings. The van der Waals surface area contributed by atoms with E-state index in [0.717, 1.165) is 13.0 Å². The van der Waals surface area contributed by atoms with E-state index >= 15 is 0 Å². The summed E-state index contributed by atoms with van der Waals surface area (Å²) >= 11 is 0. The fraction of sp³-hybridized carbons (Fsp3) is 0.667. The number of aromatic amines is 1. The van der Waals surface area contributed by atoms with Gasteiger partial charge in [-0.3, -0.25) is 0 Å². The molecule has 0 aliphatic carbocycles. The maximum Gasteiger partial charge on any atom is 0.241 e. The highest BCUT2D eigenvalue weighted by molar-refractivity contribution is 4.90. The predicted molar refractivity (Wildman–Crippen MR) is 48.8 cm³/mol. The lowest BCUT2D eigenvalue weighted by molar-refractivity contribution is -0.670. The van der Waals surface area contributed by atoms with Crippen LogP contribution < -0.4 is 9.88 Å². The van der Waals surface area contributed by atoms with Crippen LogP contribution >= 0.6 is 0 Å². The van der Waals surface area contributed by atoms with Crippen LogP contribution in [0.4, 0.5) is 0 Å². The summed E-state index contributed by atoms with van der Waals surface area (Å²) in [4.78, 5) is 3.20. The quantitative estimate of drug-likeness (QED) is 0.626. The third kappa shape index (κ3) is 3.05. The number of rotatable bonds is 4. The molecular formula is C9H18N3+. The van der Waals surface area contributed by atoms with Gasteiger partial charge in [0.25, 0.3) is 0 Å². The zero-order valence-electron chi connectivity index (χ0n) is 8.09. The van der Waals surface area contributed by atoms with Gasteiger partial charge in [0, 0.05) is 19.0 Å². The molecule has 0 amide bonds. The first kappa shape index (κ1) is 9.26. The number of hydrogen-bond donors (Lipinski definition) is 2. The molecule has 68 valence electrons. The van der Waals surface area contributed by atoms with Crippen molar-refractivity contribution in [2.45, 2.75) is 26.3 Å². The first-order valence-corrected chi connectivity index (χ1v) is 4.44. The van der Waals surface area contributed by atoms with Gasteiger partial charge in [-0.2, -0.15) is 0 Å². The van der Waals surface area contributed by atoms with Crippen LogP contribution in [0.5, 0.6) is 0 Å². The fourth-order valence-electron chi connectivity index (χ4n) is 1.14. The smallest absolute Gasteiger partial charge is 0.241 e. The molecule has 12 heavy (non-hydrogen) atoms. The van der Waals surface area contributed by atoms with Gasteiger partial charge in [0.2, 0.25) is 6.33 Å². The van der Waals surface area contributed by atoms with E-state index in [0.29, 0.717) is 6.04 Å². The van der Waals surface area contributed by atoms with Crippen LogP contribution in [0.25, 0.3) is 0 Å². The van der Waals surface area contributed by atoms with Crippen LogP contribution in [-0.4, -0.2) is 17.6 Å². The third-order valence-corrected chi connectivity index (χ3v) is 1.76. The largest absolute Gasteiger partial charge is 0.314 e. The van der Waals surface area contributed by atoms with Crippen LogP contribution in [0.1, 0.15) is 19.5 Å². The minimum atomic E-state index is 0.578. The molecule has 0 aliphatic rings. The summed E-state index contributed by atoms with van der Waals surface area (Å²) in [6.45, 7) is 5.36. The second kappa shape index (κ2) is 4.26. The average molecular weight is 168 g/mol. The van der Waals surface area contributed by atoms with Gasteiger partial charge in [0.1, 0.15) is 11.9 Å². The Balaban J connectivity index is 2.24. The lowest BCUT2D eigenvalue weighted by Crippen LogP contribution is -2.25. The molecule has 0 aromatic carbocycles. The molecule has 1 aromatic rings. The minimum absolute atomic E-state index is 0.578. The molecular weight excluding hydrogens is 150 g/mol. The molecule has 0 saturated heterocycles. The number of nitrogens with one attached hydrogen (secondary N) is 2.